The molecule has 0 atom stereocenters. The van der Waals surface area contributed by atoms with E-state index in [0.29, 0.717) is 0 Å². The van der Waals surface area contributed by atoms with E-state index in [2.05, 4.69) is 49.2 Å². The fraction of sp³-hybridized carbons (Fsp3) is 0.645. The Morgan fingerprint density at radius 2 is 1.39 bits per heavy atom. The number of hydrogen-bond donors (Lipinski definition) is 0. The number of nitrogens with zero attached hydrogens (tertiary/aromatic N) is 1. The van der Waals surface area contributed by atoms with Crippen LogP contribution >= 0.6 is 0 Å². The Balaban J connectivity index is 1.35. The summed E-state index contributed by atoms with van der Waals surface area (Å²) in [5.74, 6) is 2.83. The van der Waals surface area contributed by atoms with E-state index in [1.54, 1.807) is 0 Å². The van der Waals surface area contributed by atoms with Crippen molar-refractivity contribution in [1.82, 2.24) is 4.98 Å². The molecule has 1 heterocycles. The van der Waals surface area contributed by atoms with Crippen molar-refractivity contribution >= 4 is 0 Å². The lowest BCUT2D eigenvalue weighted by molar-refractivity contribution is 0.248. The molecule has 2 nitrogen and oxygen atoms in total. The zero-order valence-corrected chi connectivity index (χ0v) is 21.4. The summed E-state index contributed by atoms with van der Waals surface area (Å²) in [6.45, 7) is 5.30. The Kier molecular flexibility index (Phi) is 11.8. The summed E-state index contributed by atoms with van der Waals surface area (Å²) in [4.78, 5) is 4.61. The van der Waals surface area contributed by atoms with E-state index in [9.17, 15) is 0 Å². The molecule has 1 aliphatic carbocycles. The number of ether oxygens (including phenoxy) is 1. The molecule has 1 saturated carbocycles. The Labute approximate surface area is 203 Å². The van der Waals surface area contributed by atoms with Crippen LogP contribution in [0.2, 0.25) is 0 Å². The highest BCUT2D eigenvalue weighted by atomic mass is 16.5. The van der Waals surface area contributed by atoms with Gasteiger partial charge < -0.3 is 4.74 Å². The van der Waals surface area contributed by atoms with Crippen LogP contribution in [0.3, 0.4) is 0 Å². The van der Waals surface area contributed by atoms with Crippen LogP contribution in [0.15, 0.2) is 42.6 Å². The first-order chi connectivity index (χ1) is 16.3. The van der Waals surface area contributed by atoms with Crippen molar-refractivity contribution in [2.75, 3.05) is 6.61 Å². The van der Waals surface area contributed by atoms with Gasteiger partial charge in [-0.2, -0.15) is 0 Å². The topological polar surface area (TPSA) is 22.1 Å². The largest absolute Gasteiger partial charge is 0.492 e. The van der Waals surface area contributed by atoms with Crippen molar-refractivity contribution in [3.8, 4) is 17.0 Å². The van der Waals surface area contributed by atoms with E-state index in [0.717, 1.165) is 36.3 Å². The van der Waals surface area contributed by atoms with Crippen molar-refractivity contribution in [1.29, 1.82) is 0 Å². The van der Waals surface area contributed by atoms with Gasteiger partial charge >= 0.3 is 0 Å². The molecule has 0 amide bonds. The molecule has 0 bridgehead atoms. The number of unbranched alkanes of at least 4 members (excludes halogenated alkanes) is 6. The minimum absolute atomic E-state index is 0.782. The molecule has 0 spiro atoms. The third-order valence-electron chi connectivity index (χ3n) is 7.53. The van der Waals surface area contributed by atoms with Gasteiger partial charge in [0.25, 0.3) is 0 Å². The molecule has 0 radical (unpaired) electrons. The fourth-order valence-electron chi connectivity index (χ4n) is 5.24. The van der Waals surface area contributed by atoms with E-state index < -0.39 is 0 Å². The second-order valence-corrected chi connectivity index (χ2v) is 10.3. The Hall–Kier alpha value is -1.83. The summed E-state index contributed by atoms with van der Waals surface area (Å²) in [5.41, 5.74) is 3.68. The quantitative estimate of drug-likeness (QED) is 0.253. The summed E-state index contributed by atoms with van der Waals surface area (Å²) >= 11 is 0. The number of aryl methyl sites for hydroxylation is 1. The molecule has 3 rings (SSSR count). The molecule has 0 aliphatic heterocycles. The number of hydrogen-bond acceptors (Lipinski definition) is 2. The van der Waals surface area contributed by atoms with Gasteiger partial charge in [0.05, 0.1) is 18.5 Å². The maximum absolute atomic E-state index is 5.78. The Bertz CT molecular complexity index is 743. The second-order valence-electron chi connectivity index (χ2n) is 10.3. The van der Waals surface area contributed by atoms with Crippen molar-refractivity contribution in [3.05, 3.63) is 48.2 Å². The standard InChI is InChI=1S/C31H47NO/c1-3-5-7-8-9-11-26-12-14-27(15-13-26)16-17-28-18-20-29(21-19-28)31-23-22-30(25-32-31)33-24-10-6-4-2/h18-23,25-27H,3-17,24H2,1-2H3. The van der Waals surface area contributed by atoms with E-state index in [4.69, 9.17) is 4.74 Å². The van der Waals surface area contributed by atoms with Gasteiger partial charge in [-0.15, -0.1) is 0 Å². The summed E-state index contributed by atoms with van der Waals surface area (Å²) in [5, 5.41) is 0. The normalized spacial score (nSPS) is 18.4. The first-order valence-electron chi connectivity index (χ1n) is 14.0. The minimum atomic E-state index is 0.782. The summed E-state index contributed by atoms with van der Waals surface area (Å²) in [7, 11) is 0. The van der Waals surface area contributed by atoms with Crippen LogP contribution in [0.5, 0.6) is 5.75 Å². The van der Waals surface area contributed by atoms with E-state index in [1.807, 2.05) is 12.3 Å². The van der Waals surface area contributed by atoms with Crippen LogP contribution in [0.1, 0.15) is 109 Å². The van der Waals surface area contributed by atoms with Gasteiger partial charge in [0.15, 0.2) is 0 Å². The zero-order valence-electron chi connectivity index (χ0n) is 21.4. The fourth-order valence-corrected chi connectivity index (χ4v) is 5.24. The van der Waals surface area contributed by atoms with E-state index in [-0.39, 0.29) is 0 Å². The van der Waals surface area contributed by atoms with E-state index in [1.165, 1.54) is 101 Å². The van der Waals surface area contributed by atoms with Crippen LogP contribution in [0, 0.1) is 11.8 Å². The first kappa shape index (κ1) is 25.8. The molecule has 1 aromatic carbocycles. The smallest absolute Gasteiger partial charge is 0.137 e. The Morgan fingerprint density at radius 1 is 0.727 bits per heavy atom. The number of benzene rings is 1. The minimum Gasteiger partial charge on any atom is -0.492 e. The molecule has 1 aromatic heterocycles. The summed E-state index contributed by atoms with van der Waals surface area (Å²) in [6, 6.07) is 13.2. The molecule has 1 fully saturated rings. The molecule has 2 aromatic rings. The van der Waals surface area contributed by atoms with Gasteiger partial charge in [0, 0.05) is 5.56 Å². The van der Waals surface area contributed by atoms with Crippen LogP contribution < -0.4 is 4.74 Å². The van der Waals surface area contributed by atoms with Gasteiger partial charge in [0.2, 0.25) is 0 Å². The van der Waals surface area contributed by atoms with Gasteiger partial charge in [-0.3, -0.25) is 4.98 Å². The van der Waals surface area contributed by atoms with Gasteiger partial charge in [-0.1, -0.05) is 115 Å². The molecule has 0 saturated heterocycles. The average Bonchev–Trinajstić information content (AvgIpc) is 2.87. The molecule has 1 aliphatic rings. The van der Waals surface area contributed by atoms with Crippen molar-refractivity contribution < 1.29 is 4.74 Å². The van der Waals surface area contributed by atoms with Crippen molar-refractivity contribution in [2.24, 2.45) is 11.8 Å². The number of aromatic nitrogens is 1. The van der Waals surface area contributed by atoms with Crippen LogP contribution in [0.25, 0.3) is 11.3 Å². The predicted octanol–water partition coefficient (Wildman–Crippen LogP) is 9.42. The van der Waals surface area contributed by atoms with Crippen LogP contribution in [0.4, 0.5) is 0 Å². The van der Waals surface area contributed by atoms with Crippen molar-refractivity contribution in [2.45, 2.75) is 110 Å². The molecule has 33 heavy (non-hydrogen) atoms. The lowest BCUT2D eigenvalue weighted by Crippen LogP contribution is -2.15. The molecular weight excluding hydrogens is 402 g/mol. The number of pyridine rings is 1. The highest BCUT2D eigenvalue weighted by molar-refractivity contribution is 5.59. The summed E-state index contributed by atoms with van der Waals surface area (Å²) < 4.78 is 5.78. The second kappa shape index (κ2) is 15.1. The Morgan fingerprint density at radius 3 is 2.06 bits per heavy atom. The number of rotatable bonds is 15. The zero-order chi connectivity index (χ0) is 23.1. The lowest BCUT2D eigenvalue weighted by Gasteiger charge is -2.28. The lowest BCUT2D eigenvalue weighted by atomic mass is 9.77. The van der Waals surface area contributed by atoms with Gasteiger partial charge in [-0.25, -0.2) is 0 Å². The first-order valence-corrected chi connectivity index (χ1v) is 14.0. The van der Waals surface area contributed by atoms with Gasteiger partial charge in [-0.05, 0) is 48.8 Å². The highest BCUT2D eigenvalue weighted by Gasteiger charge is 2.20. The SMILES string of the molecule is CCCCCCCC1CCC(CCc2ccc(-c3ccc(OCCCCC)cn3)cc2)CC1. The molecule has 182 valence electrons. The molecule has 0 N–H and O–H groups in total. The summed E-state index contributed by atoms with van der Waals surface area (Å²) in [6.07, 6.45) is 22.4. The molecule has 2 heteroatoms. The van der Waals surface area contributed by atoms with E-state index >= 15 is 0 Å². The molecular formula is C31H47NO. The average molecular weight is 450 g/mol. The highest BCUT2D eigenvalue weighted by Crippen LogP contribution is 2.34. The monoisotopic (exact) mass is 449 g/mol. The third-order valence-corrected chi connectivity index (χ3v) is 7.53. The maximum Gasteiger partial charge on any atom is 0.137 e. The van der Waals surface area contributed by atoms with Crippen LogP contribution in [-0.2, 0) is 6.42 Å². The molecule has 0 unspecified atom stereocenters. The van der Waals surface area contributed by atoms with Gasteiger partial charge in [0.1, 0.15) is 5.75 Å². The third kappa shape index (κ3) is 9.51. The van der Waals surface area contributed by atoms with Crippen molar-refractivity contribution in [3.63, 3.8) is 0 Å². The van der Waals surface area contributed by atoms with Crippen LogP contribution in [-0.4, -0.2) is 11.6 Å². The predicted molar refractivity (Wildman–Crippen MR) is 142 cm³/mol. The maximum atomic E-state index is 5.78.